The summed E-state index contributed by atoms with van der Waals surface area (Å²) in [7, 11) is -3.89. The lowest BCUT2D eigenvalue weighted by atomic mass is 9.98. The monoisotopic (exact) mass is 385 g/mol. The molecular weight excluding hydrogens is 366 g/mol. The van der Waals surface area contributed by atoms with E-state index < -0.39 is 26.8 Å². The Labute approximate surface area is 150 Å². The number of hydrogen-bond donors (Lipinski definition) is 2. The number of sulfonamides is 1. The van der Waals surface area contributed by atoms with Crippen LogP contribution in [0.25, 0.3) is 0 Å². The zero-order valence-corrected chi connectivity index (χ0v) is 14.6. The van der Waals surface area contributed by atoms with Gasteiger partial charge in [0.2, 0.25) is 15.9 Å². The molecule has 2 rings (SSSR count). The van der Waals surface area contributed by atoms with Gasteiger partial charge in [0, 0.05) is 38.2 Å². The fraction of sp³-hybridized carbons (Fsp3) is 0.467. The zero-order chi connectivity index (χ0) is 19.3. The molecular formula is C15H19N3O7S. The second kappa shape index (κ2) is 8.23. The highest BCUT2D eigenvalue weighted by atomic mass is 32.2. The summed E-state index contributed by atoms with van der Waals surface area (Å²) in [4.78, 5) is 34.4. The van der Waals surface area contributed by atoms with Gasteiger partial charge in [0.15, 0.2) is 0 Å². The molecule has 1 unspecified atom stereocenters. The van der Waals surface area contributed by atoms with Gasteiger partial charge in [0.05, 0.1) is 15.7 Å². The van der Waals surface area contributed by atoms with Crippen molar-refractivity contribution in [2.75, 3.05) is 19.6 Å². The van der Waals surface area contributed by atoms with Crippen LogP contribution < -0.4 is 4.72 Å². The van der Waals surface area contributed by atoms with Crippen LogP contribution in [0.4, 0.5) is 5.69 Å². The van der Waals surface area contributed by atoms with E-state index in [-0.39, 0.29) is 36.0 Å². The van der Waals surface area contributed by atoms with Crippen LogP contribution in [0, 0.1) is 16.0 Å². The average Bonchev–Trinajstić information content (AvgIpc) is 2.61. The molecule has 1 amide bonds. The van der Waals surface area contributed by atoms with Gasteiger partial charge in [-0.2, -0.15) is 0 Å². The predicted molar refractivity (Wildman–Crippen MR) is 89.8 cm³/mol. The Morgan fingerprint density at radius 2 is 1.96 bits per heavy atom. The molecule has 0 radical (unpaired) electrons. The van der Waals surface area contributed by atoms with Crippen LogP contribution in [0.3, 0.4) is 0 Å². The maximum atomic E-state index is 12.1. The molecule has 0 spiro atoms. The van der Waals surface area contributed by atoms with Gasteiger partial charge in [-0.3, -0.25) is 19.7 Å². The number of carbonyl (C=O) groups excluding carboxylic acids is 1. The SMILES string of the molecule is O=C(O)C1CCCN(C(=O)CCNS(=O)(=O)c2ccc([N+](=O)[O-])cc2)C1. The van der Waals surface area contributed by atoms with Crippen LogP contribution in [-0.4, -0.2) is 54.9 Å². The van der Waals surface area contributed by atoms with E-state index >= 15 is 0 Å². The number of nitrogens with one attached hydrogen (secondary N) is 1. The molecule has 1 aromatic carbocycles. The van der Waals surface area contributed by atoms with Crippen molar-refractivity contribution in [1.29, 1.82) is 0 Å². The smallest absolute Gasteiger partial charge is 0.308 e. The summed E-state index contributed by atoms with van der Waals surface area (Å²) in [5.41, 5.74) is -0.225. The summed E-state index contributed by atoms with van der Waals surface area (Å²) >= 11 is 0. The number of likely N-dealkylation sites (tertiary alicyclic amines) is 1. The highest BCUT2D eigenvalue weighted by Crippen LogP contribution is 2.18. The lowest BCUT2D eigenvalue weighted by Gasteiger charge is -2.30. The Morgan fingerprint density at radius 3 is 2.54 bits per heavy atom. The molecule has 1 fully saturated rings. The predicted octanol–water partition coefficient (Wildman–Crippen LogP) is 0.586. The minimum absolute atomic E-state index is 0.0987. The summed E-state index contributed by atoms with van der Waals surface area (Å²) in [5, 5.41) is 19.6. The maximum Gasteiger partial charge on any atom is 0.308 e. The summed E-state index contributed by atoms with van der Waals surface area (Å²) < 4.78 is 26.5. The Hall–Kier alpha value is -2.53. The van der Waals surface area contributed by atoms with Gasteiger partial charge in [0.1, 0.15) is 0 Å². The van der Waals surface area contributed by atoms with Gasteiger partial charge >= 0.3 is 5.97 Å². The number of carboxylic acid groups (broad SMARTS) is 1. The van der Waals surface area contributed by atoms with E-state index in [4.69, 9.17) is 5.11 Å². The second-order valence-corrected chi connectivity index (χ2v) is 7.68. The molecule has 0 aromatic heterocycles. The summed E-state index contributed by atoms with van der Waals surface area (Å²) in [5.74, 6) is -1.85. The van der Waals surface area contributed by atoms with Gasteiger partial charge in [-0.1, -0.05) is 0 Å². The van der Waals surface area contributed by atoms with E-state index in [1.807, 2.05) is 0 Å². The van der Waals surface area contributed by atoms with Crippen LogP contribution in [0.1, 0.15) is 19.3 Å². The van der Waals surface area contributed by atoms with Crippen molar-refractivity contribution in [2.24, 2.45) is 5.92 Å². The molecule has 1 aromatic rings. The Bertz CT molecular complexity index is 792. The average molecular weight is 385 g/mol. The van der Waals surface area contributed by atoms with Crippen molar-refractivity contribution in [3.05, 3.63) is 34.4 Å². The number of carboxylic acids is 1. The first-order valence-electron chi connectivity index (χ1n) is 7.95. The molecule has 1 saturated heterocycles. The third-order valence-electron chi connectivity index (χ3n) is 4.11. The molecule has 0 aliphatic carbocycles. The third-order valence-corrected chi connectivity index (χ3v) is 5.59. The third kappa shape index (κ3) is 4.99. The van der Waals surface area contributed by atoms with E-state index in [0.717, 1.165) is 24.3 Å². The molecule has 1 aliphatic heterocycles. The molecule has 1 heterocycles. The number of nitrogens with zero attached hydrogens (tertiary/aromatic N) is 2. The van der Waals surface area contributed by atoms with E-state index in [1.54, 1.807) is 0 Å². The minimum Gasteiger partial charge on any atom is -0.481 e. The number of aliphatic carboxylic acids is 1. The first kappa shape index (κ1) is 19.8. The standard InChI is InChI=1S/C15H19N3O7S/c19-14(17-9-1-2-11(10-17)15(20)21)7-8-16-26(24,25)13-5-3-12(4-6-13)18(22)23/h3-6,11,16H,1-2,7-10H2,(H,20,21). The van der Waals surface area contributed by atoms with E-state index in [1.165, 1.54) is 4.90 Å². The van der Waals surface area contributed by atoms with Gasteiger partial charge in [-0.25, -0.2) is 13.1 Å². The van der Waals surface area contributed by atoms with Gasteiger partial charge < -0.3 is 10.0 Å². The first-order chi connectivity index (χ1) is 12.2. The summed E-state index contributed by atoms with van der Waals surface area (Å²) in [6.45, 7) is 0.438. The summed E-state index contributed by atoms with van der Waals surface area (Å²) in [6, 6.07) is 4.40. The van der Waals surface area contributed by atoms with Crippen molar-refractivity contribution in [2.45, 2.75) is 24.2 Å². The van der Waals surface area contributed by atoms with Crippen LogP contribution in [0.2, 0.25) is 0 Å². The van der Waals surface area contributed by atoms with Gasteiger partial charge in [0.25, 0.3) is 5.69 Å². The molecule has 1 aliphatic rings. The van der Waals surface area contributed by atoms with Crippen LogP contribution >= 0.6 is 0 Å². The fourth-order valence-electron chi connectivity index (χ4n) is 2.69. The van der Waals surface area contributed by atoms with Crippen molar-refractivity contribution < 1.29 is 28.0 Å². The quantitative estimate of drug-likeness (QED) is 0.515. The van der Waals surface area contributed by atoms with Crippen molar-refractivity contribution in [3.8, 4) is 0 Å². The maximum absolute atomic E-state index is 12.1. The largest absolute Gasteiger partial charge is 0.481 e. The molecule has 1 atom stereocenters. The Kier molecular flexibility index (Phi) is 6.27. The van der Waals surface area contributed by atoms with E-state index in [2.05, 4.69) is 4.72 Å². The first-order valence-corrected chi connectivity index (χ1v) is 9.44. The number of piperidine rings is 1. The number of nitro benzene ring substituents is 1. The number of rotatable bonds is 7. The number of non-ortho nitro benzene ring substituents is 1. The van der Waals surface area contributed by atoms with Gasteiger partial charge in [-0.05, 0) is 25.0 Å². The molecule has 2 N–H and O–H groups in total. The topological polar surface area (TPSA) is 147 Å². The zero-order valence-electron chi connectivity index (χ0n) is 13.8. The number of benzene rings is 1. The van der Waals surface area contributed by atoms with E-state index in [0.29, 0.717) is 19.4 Å². The Balaban J connectivity index is 1.88. The van der Waals surface area contributed by atoms with Crippen LogP contribution in [0.5, 0.6) is 0 Å². The molecule has 10 nitrogen and oxygen atoms in total. The highest BCUT2D eigenvalue weighted by molar-refractivity contribution is 7.89. The lowest BCUT2D eigenvalue weighted by molar-refractivity contribution is -0.384. The molecule has 0 saturated carbocycles. The molecule has 11 heteroatoms. The fourth-order valence-corrected chi connectivity index (χ4v) is 3.72. The normalized spacial score (nSPS) is 17.7. The number of amides is 1. The van der Waals surface area contributed by atoms with Crippen LogP contribution in [-0.2, 0) is 19.6 Å². The molecule has 0 bridgehead atoms. The lowest BCUT2D eigenvalue weighted by Crippen LogP contribution is -2.43. The molecule has 26 heavy (non-hydrogen) atoms. The van der Waals surface area contributed by atoms with Crippen molar-refractivity contribution in [1.82, 2.24) is 9.62 Å². The van der Waals surface area contributed by atoms with Crippen molar-refractivity contribution >= 4 is 27.6 Å². The number of hydrogen-bond acceptors (Lipinski definition) is 6. The highest BCUT2D eigenvalue weighted by Gasteiger charge is 2.28. The molecule has 142 valence electrons. The van der Waals surface area contributed by atoms with Gasteiger partial charge in [-0.15, -0.1) is 0 Å². The number of nitro groups is 1. The second-order valence-electron chi connectivity index (χ2n) is 5.92. The van der Waals surface area contributed by atoms with Crippen molar-refractivity contribution in [3.63, 3.8) is 0 Å². The summed E-state index contributed by atoms with van der Waals surface area (Å²) in [6.07, 6.45) is 1.02. The Morgan fingerprint density at radius 1 is 1.31 bits per heavy atom. The van der Waals surface area contributed by atoms with Crippen LogP contribution in [0.15, 0.2) is 29.2 Å². The number of carbonyl (C=O) groups is 2. The van der Waals surface area contributed by atoms with E-state index in [9.17, 15) is 28.1 Å². The minimum atomic E-state index is -3.89.